The number of esters is 2. The lowest BCUT2D eigenvalue weighted by atomic mass is 9.75. The largest absolute Gasteiger partial charge is 0.460 e. The second-order valence-corrected chi connectivity index (χ2v) is 7.88. The molecule has 0 aliphatic heterocycles. The highest BCUT2D eigenvalue weighted by molar-refractivity contribution is 5.91. The maximum atomic E-state index is 12.2. The molecule has 2 rings (SSSR count). The predicted octanol–water partition coefficient (Wildman–Crippen LogP) is 3.91. The van der Waals surface area contributed by atoms with Crippen molar-refractivity contribution in [3.05, 3.63) is 29.8 Å². The van der Waals surface area contributed by atoms with Gasteiger partial charge in [-0.05, 0) is 48.8 Å². The highest BCUT2D eigenvalue weighted by atomic mass is 16.6. The topological polar surface area (TPSA) is 55.8 Å². The molecule has 0 amide bonds. The molecule has 0 spiro atoms. The van der Waals surface area contributed by atoms with Crippen molar-refractivity contribution < 1.29 is 19.1 Å². The van der Waals surface area contributed by atoms with Crippen LogP contribution in [0.5, 0.6) is 0 Å². The molecule has 1 saturated carbocycles. The fraction of sp³-hybridized carbons (Fsp3) is 0.619. The van der Waals surface area contributed by atoms with Gasteiger partial charge in [0.1, 0.15) is 6.10 Å². The van der Waals surface area contributed by atoms with E-state index in [4.69, 9.17) is 9.47 Å². The minimum absolute atomic E-state index is 0.0815. The van der Waals surface area contributed by atoms with Crippen molar-refractivity contribution in [2.45, 2.75) is 46.1 Å². The third-order valence-electron chi connectivity index (χ3n) is 5.16. The highest BCUT2D eigenvalue weighted by Gasteiger charge is 2.33. The number of hydrogen-bond donors (Lipinski definition) is 0. The van der Waals surface area contributed by atoms with Gasteiger partial charge in [0.2, 0.25) is 0 Å². The fourth-order valence-corrected chi connectivity index (χ4v) is 3.57. The van der Waals surface area contributed by atoms with Crippen molar-refractivity contribution in [3.63, 3.8) is 0 Å². The zero-order valence-corrected chi connectivity index (χ0v) is 16.5. The van der Waals surface area contributed by atoms with Gasteiger partial charge in [-0.15, -0.1) is 0 Å². The van der Waals surface area contributed by atoms with Crippen LogP contribution in [0.3, 0.4) is 0 Å². The summed E-state index contributed by atoms with van der Waals surface area (Å²) in [6.07, 6.45) is 3.05. The van der Waals surface area contributed by atoms with Crippen LogP contribution in [-0.2, 0) is 14.3 Å². The molecule has 1 aliphatic rings. The van der Waals surface area contributed by atoms with Gasteiger partial charge < -0.3 is 14.4 Å². The molecular formula is C21H31NO4. The van der Waals surface area contributed by atoms with Crippen molar-refractivity contribution in [3.8, 4) is 0 Å². The number of carbonyl (C=O) groups excluding carboxylic acids is 2. The molecule has 1 aliphatic carbocycles. The van der Waals surface area contributed by atoms with Crippen LogP contribution >= 0.6 is 0 Å². The normalized spacial score (nSPS) is 22.8. The number of anilines is 1. The van der Waals surface area contributed by atoms with E-state index in [0.29, 0.717) is 23.3 Å². The van der Waals surface area contributed by atoms with Gasteiger partial charge in [-0.3, -0.25) is 0 Å². The molecule has 3 atom stereocenters. The summed E-state index contributed by atoms with van der Waals surface area (Å²) in [7, 11) is 3.80. The second kappa shape index (κ2) is 9.06. The summed E-state index contributed by atoms with van der Waals surface area (Å²) in [6.45, 7) is 6.17. The van der Waals surface area contributed by atoms with E-state index < -0.39 is 11.9 Å². The van der Waals surface area contributed by atoms with E-state index in [1.807, 2.05) is 25.1 Å². The Bertz CT molecular complexity index is 626. The zero-order valence-electron chi connectivity index (χ0n) is 16.5. The number of nitrogens with zero attached hydrogens (tertiary/aromatic N) is 1. The van der Waals surface area contributed by atoms with Crippen LogP contribution in [0, 0.1) is 17.8 Å². The lowest BCUT2D eigenvalue weighted by molar-refractivity contribution is -0.159. The van der Waals surface area contributed by atoms with Gasteiger partial charge in [0, 0.05) is 19.8 Å². The SMILES string of the molecule is CC(C)[C@H]1CC[C@@H](C)C[C@H]1OC(=O)COC(=O)c1cccc(N(C)C)c1. The zero-order chi connectivity index (χ0) is 19.3. The Kier molecular flexibility index (Phi) is 7.06. The summed E-state index contributed by atoms with van der Waals surface area (Å²) in [5.41, 5.74) is 1.33. The van der Waals surface area contributed by atoms with E-state index in [1.54, 1.807) is 18.2 Å². The first-order valence-corrected chi connectivity index (χ1v) is 9.42. The molecule has 0 N–H and O–H groups in total. The number of ether oxygens (including phenoxy) is 2. The number of rotatable bonds is 6. The molecule has 1 aromatic rings. The van der Waals surface area contributed by atoms with Crippen molar-refractivity contribution >= 4 is 17.6 Å². The fourth-order valence-electron chi connectivity index (χ4n) is 3.57. The average molecular weight is 361 g/mol. The highest BCUT2D eigenvalue weighted by Crippen LogP contribution is 2.35. The maximum absolute atomic E-state index is 12.2. The van der Waals surface area contributed by atoms with Crippen LogP contribution in [0.2, 0.25) is 0 Å². The van der Waals surface area contributed by atoms with E-state index in [-0.39, 0.29) is 12.7 Å². The molecule has 0 unspecified atom stereocenters. The van der Waals surface area contributed by atoms with Crippen molar-refractivity contribution in [1.82, 2.24) is 0 Å². The quantitative estimate of drug-likeness (QED) is 0.719. The molecule has 5 heteroatoms. The van der Waals surface area contributed by atoms with Gasteiger partial charge in [0.05, 0.1) is 5.56 Å². The molecule has 0 radical (unpaired) electrons. The number of carbonyl (C=O) groups is 2. The first-order valence-electron chi connectivity index (χ1n) is 9.42. The smallest absolute Gasteiger partial charge is 0.344 e. The lowest BCUT2D eigenvalue weighted by Gasteiger charge is -2.36. The van der Waals surface area contributed by atoms with Crippen LogP contribution in [-0.4, -0.2) is 38.7 Å². The Morgan fingerprint density at radius 1 is 1.23 bits per heavy atom. The molecule has 0 bridgehead atoms. The van der Waals surface area contributed by atoms with Crippen molar-refractivity contribution in [2.75, 3.05) is 25.6 Å². The van der Waals surface area contributed by atoms with E-state index in [9.17, 15) is 9.59 Å². The van der Waals surface area contributed by atoms with E-state index in [0.717, 1.165) is 18.5 Å². The predicted molar refractivity (Wildman–Crippen MR) is 102 cm³/mol. The molecule has 0 saturated heterocycles. The summed E-state index contributed by atoms with van der Waals surface area (Å²) < 4.78 is 10.8. The van der Waals surface area contributed by atoms with Gasteiger partial charge in [-0.25, -0.2) is 9.59 Å². The van der Waals surface area contributed by atoms with Crippen LogP contribution in [0.4, 0.5) is 5.69 Å². The third kappa shape index (κ3) is 5.48. The Hall–Kier alpha value is -2.04. The first kappa shape index (κ1) is 20.3. The minimum Gasteiger partial charge on any atom is -0.460 e. The van der Waals surface area contributed by atoms with Gasteiger partial charge in [-0.1, -0.05) is 33.3 Å². The third-order valence-corrected chi connectivity index (χ3v) is 5.16. The average Bonchev–Trinajstić information content (AvgIpc) is 2.59. The van der Waals surface area contributed by atoms with Crippen LogP contribution < -0.4 is 4.90 Å². The van der Waals surface area contributed by atoms with E-state index >= 15 is 0 Å². The molecule has 26 heavy (non-hydrogen) atoms. The van der Waals surface area contributed by atoms with Crippen LogP contribution in [0.15, 0.2) is 24.3 Å². The van der Waals surface area contributed by atoms with Crippen LogP contribution in [0.25, 0.3) is 0 Å². The Morgan fingerprint density at radius 3 is 2.62 bits per heavy atom. The summed E-state index contributed by atoms with van der Waals surface area (Å²) >= 11 is 0. The molecule has 144 valence electrons. The molecule has 5 nitrogen and oxygen atoms in total. The Balaban J connectivity index is 1.89. The molecule has 1 aromatic carbocycles. The van der Waals surface area contributed by atoms with Gasteiger partial charge in [0.15, 0.2) is 6.61 Å². The second-order valence-electron chi connectivity index (χ2n) is 7.88. The van der Waals surface area contributed by atoms with E-state index in [1.165, 1.54) is 6.42 Å². The summed E-state index contributed by atoms with van der Waals surface area (Å²) in [5.74, 6) is 0.424. The molecular weight excluding hydrogens is 330 g/mol. The lowest BCUT2D eigenvalue weighted by Crippen LogP contribution is -2.36. The summed E-state index contributed by atoms with van der Waals surface area (Å²) in [5, 5.41) is 0. The standard InChI is InChI=1S/C21H31NO4/c1-14(2)18-10-9-15(3)11-19(18)26-20(23)13-25-21(24)16-7-6-8-17(12-16)22(4)5/h6-8,12,14-15,18-19H,9-11,13H2,1-5H3/t15-,18-,19-/m1/s1. The summed E-state index contributed by atoms with van der Waals surface area (Å²) in [6, 6.07) is 7.12. The van der Waals surface area contributed by atoms with Gasteiger partial charge >= 0.3 is 11.9 Å². The van der Waals surface area contributed by atoms with Crippen molar-refractivity contribution in [1.29, 1.82) is 0 Å². The molecule has 0 heterocycles. The summed E-state index contributed by atoms with van der Waals surface area (Å²) in [4.78, 5) is 26.3. The number of benzene rings is 1. The van der Waals surface area contributed by atoms with E-state index in [2.05, 4.69) is 20.8 Å². The van der Waals surface area contributed by atoms with Gasteiger partial charge in [-0.2, -0.15) is 0 Å². The number of hydrogen-bond acceptors (Lipinski definition) is 5. The molecule has 0 aromatic heterocycles. The van der Waals surface area contributed by atoms with Gasteiger partial charge in [0.25, 0.3) is 0 Å². The monoisotopic (exact) mass is 361 g/mol. The molecule has 1 fully saturated rings. The maximum Gasteiger partial charge on any atom is 0.344 e. The Morgan fingerprint density at radius 2 is 1.96 bits per heavy atom. The Labute approximate surface area is 156 Å². The first-order chi connectivity index (χ1) is 12.3. The minimum atomic E-state index is -0.511. The van der Waals surface area contributed by atoms with Crippen LogP contribution in [0.1, 0.15) is 50.4 Å². The van der Waals surface area contributed by atoms with Crippen molar-refractivity contribution in [2.24, 2.45) is 17.8 Å².